The van der Waals surface area contributed by atoms with E-state index in [0.29, 0.717) is 35.0 Å². The summed E-state index contributed by atoms with van der Waals surface area (Å²) < 4.78 is 23.6. The van der Waals surface area contributed by atoms with Crippen LogP contribution in [-0.4, -0.2) is 31.3 Å². The van der Waals surface area contributed by atoms with Gasteiger partial charge in [0.15, 0.2) is 18.1 Å². The predicted molar refractivity (Wildman–Crippen MR) is 124 cm³/mol. The van der Waals surface area contributed by atoms with E-state index in [-0.39, 0.29) is 24.2 Å². The standard InChI is InChI=1S/C24H23FN2O4S/c1-30-21-7-2-3-8-22(21)31-16-24(29)27-19-6-4-5-18(15-19)26-23(28)13-14-32-20-11-9-17(25)10-12-20/h2-12,15H,13-14,16H2,1H3,(H,26,28)(H,27,29). The Morgan fingerprint density at radius 1 is 0.875 bits per heavy atom. The van der Waals surface area contributed by atoms with Crippen molar-refractivity contribution in [2.24, 2.45) is 0 Å². The zero-order valence-electron chi connectivity index (χ0n) is 17.5. The molecule has 166 valence electrons. The zero-order valence-corrected chi connectivity index (χ0v) is 18.3. The lowest BCUT2D eigenvalue weighted by molar-refractivity contribution is -0.118. The summed E-state index contributed by atoms with van der Waals surface area (Å²) in [6.45, 7) is -0.183. The van der Waals surface area contributed by atoms with Gasteiger partial charge in [0.05, 0.1) is 7.11 Å². The van der Waals surface area contributed by atoms with E-state index in [0.717, 1.165) is 4.90 Å². The van der Waals surface area contributed by atoms with Crippen LogP contribution in [0.4, 0.5) is 15.8 Å². The Morgan fingerprint density at radius 2 is 1.53 bits per heavy atom. The molecule has 6 nitrogen and oxygen atoms in total. The average Bonchev–Trinajstić information content (AvgIpc) is 2.79. The lowest BCUT2D eigenvalue weighted by Crippen LogP contribution is -2.20. The Bertz CT molecular complexity index is 1060. The Hall–Kier alpha value is -3.52. The van der Waals surface area contributed by atoms with Crippen LogP contribution in [0, 0.1) is 5.82 Å². The van der Waals surface area contributed by atoms with Gasteiger partial charge in [0.25, 0.3) is 5.91 Å². The molecule has 0 saturated heterocycles. The molecule has 0 spiro atoms. The molecule has 2 amide bonds. The van der Waals surface area contributed by atoms with Gasteiger partial charge in [0.1, 0.15) is 5.82 Å². The van der Waals surface area contributed by atoms with Crippen molar-refractivity contribution in [2.45, 2.75) is 11.3 Å². The van der Waals surface area contributed by atoms with Gasteiger partial charge in [-0.25, -0.2) is 4.39 Å². The van der Waals surface area contributed by atoms with Crippen LogP contribution in [-0.2, 0) is 9.59 Å². The third-order valence-corrected chi connectivity index (χ3v) is 5.28. The first kappa shape index (κ1) is 23.1. The summed E-state index contributed by atoms with van der Waals surface area (Å²) in [6, 6.07) is 20.1. The van der Waals surface area contributed by atoms with E-state index in [2.05, 4.69) is 10.6 Å². The van der Waals surface area contributed by atoms with Crippen LogP contribution < -0.4 is 20.1 Å². The van der Waals surface area contributed by atoms with Crippen LogP contribution in [0.3, 0.4) is 0 Å². The van der Waals surface area contributed by atoms with Crippen LogP contribution in [0.2, 0.25) is 0 Å². The second kappa shape index (κ2) is 11.8. The number of hydrogen-bond donors (Lipinski definition) is 2. The SMILES string of the molecule is COc1ccccc1OCC(=O)Nc1cccc(NC(=O)CCSc2ccc(F)cc2)c1. The number of benzene rings is 3. The van der Waals surface area contributed by atoms with Gasteiger partial charge in [-0.15, -0.1) is 11.8 Å². The lowest BCUT2D eigenvalue weighted by atomic mass is 10.2. The Morgan fingerprint density at radius 3 is 2.22 bits per heavy atom. The number of thioether (sulfide) groups is 1. The fourth-order valence-electron chi connectivity index (χ4n) is 2.77. The predicted octanol–water partition coefficient (Wildman–Crippen LogP) is 4.97. The highest BCUT2D eigenvalue weighted by atomic mass is 32.2. The van der Waals surface area contributed by atoms with Gasteiger partial charge in [-0.2, -0.15) is 0 Å². The van der Waals surface area contributed by atoms with Crippen LogP contribution in [0.1, 0.15) is 6.42 Å². The largest absolute Gasteiger partial charge is 0.493 e. The van der Waals surface area contributed by atoms with Crippen molar-refractivity contribution >= 4 is 35.0 Å². The minimum Gasteiger partial charge on any atom is -0.493 e. The minimum atomic E-state index is -0.338. The number of ether oxygens (including phenoxy) is 2. The van der Waals surface area contributed by atoms with E-state index in [9.17, 15) is 14.0 Å². The highest BCUT2D eigenvalue weighted by Gasteiger charge is 2.09. The number of nitrogens with one attached hydrogen (secondary N) is 2. The molecule has 0 heterocycles. The quantitative estimate of drug-likeness (QED) is 0.423. The highest BCUT2D eigenvalue weighted by molar-refractivity contribution is 7.99. The summed E-state index contributed by atoms with van der Waals surface area (Å²) in [6.07, 6.45) is 0.297. The van der Waals surface area contributed by atoms with Gasteiger partial charge >= 0.3 is 0 Å². The minimum absolute atomic E-state index is 0.150. The molecule has 0 atom stereocenters. The molecule has 0 aliphatic carbocycles. The normalized spacial score (nSPS) is 10.3. The number of halogens is 1. The van der Waals surface area contributed by atoms with Crippen LogP contribution in [0.5, 0.6) is 11.5 Å². The molecule has 0 radical (unpaired) electrons. The van der Waals surface area contributed by atoms with E-state index in [1.807, 2.05) is 6.07 Å². The molecule has 0 unspecified atom stereocenters. The highest BCUT2D eigenvalue weighted by Crippen LogP contribution is 2.25. The maximum Gasteiger partial charge on any atom is 0.262 e. The topological polar surface area (TPSA) is 76.7 Å². The second-order valence-electron chi connectivity index (χ2n) is 6.67. The van der Waals surface area contributed by atoms with Crippen LogP contribution >= 0.6 is 11.8 Å². The molecule has 0 fully saturated rings. The number of methoxy groups -OCH3 is 1. The third kappa shape index (κ3) is 7.31. The van der Waals surface area contributed by atoms with Crippen LogP contribution in [0.15, 0.2) is 77.7 Å². The first-order valence-corrected chi connectivity index (χ1v) is 10.9. The molecule has 0 aromatic heterocycles. The first-order chi connectivity index (χ1) is 15.5. The van der Waals surface area contributed by atoms with E-state index in [1.165, 1.54) is 31.0 Å². The summed E-state index contributed by atoms with van der Waals surface area (Å²) in [5, 5.41) is 5.55. The number of anilines is 2. The van der Waals surface area contributed by atoms with Crippen molar-refractivity contribution in [3.8, 4) is 11.5 Å². The first-order valence-electron chi connectivity index (χ1n) is 9.87. The molecule has 32 heavy (non-hydrogen) atoms. The summed E-state index contributed by atoms with van der Waals surface area (Å²) in [5.41, 5.74) is 1.11. The van der Waals surface area contributed by atoms with Crippen molar-refractivity contribution in [3.05, 3.63) is 78.6 Å². The monoisotopic (exact) mass is 454 g/mol. The van der Waals surface area contributed by atoms with Crippen molar-refractivity contribution in [1.82, 2.24) is 0 Å². The summed E-state index contributed by atoms with van der Waals surface area (Å²) in [4.78, 5) is 25.3. The molecule has 0 saturated carbocycles. The molecule has 3 aromatic rings. The third-order valence-electron chi connectivity index (χ3n) is 4.27. The van der Waals surface area contributed by atoms with Crippen molar-refractivity contribution in [2.75, 3.05) is 30.1 Å². The van der Waals surface area contributed by atoms with Gasteiger partial charge in [-0.3, -0.25) is 9.59 Å². The number of amides is 2. The summed E-state index contributed by atoms with van der Waals surface area (Å²) >= 11 is 1.48. The van der Waals surface area contributed by atoms with E-state index < -0.39 is 0 Å². The molecule has 0 aliphatic heterocycles. The number of carbonyl (C=O) groups is 2. The molecule has 8 heteroatoms. The fourth-order valence-corrected chi connectivity index (χ4v) is 3.62. The Balaban J connectivity index is 1.45. The van der Waals surface area contributed by atoms with E-state index in [4.69, 9.17) is 9.47 Å². The number of rotatable bonds is 10. The molecular formula is C24H23FN2O4S. The number of para-hydroxylation sites is 2. The average molecular weight is 455 g/mol. The van der Waals surface area contributed by atoms with Gasteiger partial charge < -0.3 is 20.1 Å². The fraction of sp³-hybridized carbons (Fsp3) is 0.167. The van der Waals surface area contributed by atoms with Crippen molar-refractivity contribution in [1.29, 1.82) is 0 Å². The van der Waals surface area contributed by atoms with Gasteiger partial charge in [0, 0.05) is 28.4 Å². The lowest BCUT2D eigenvalue weighted by Gasteiger charge is -2.11. The smallest absolute Gasteiger partial charge is 0.262 e. The van der Waals surface area contributed by atoms with Gasteiger partial charge in [0.2, 0.25) is 5.91 Å². The second-order valence-corrected chi connectivity index (χ2v) is 7.84. The summed E-state index contributed by atoms with van der Waals surface area (Å²) in [7, 11) is 1.53. The van der Waals surface area contributed by atoms with Crippen molar-refractivity contribution < 1.29 is 23.5 Å². The van der Waals surface area contributed by atoms with Gasteiger partial charge in [-0.1, -0.05) is 18.2 Å². The van der Waals surface area contributed by atoms with Crippen molar-refractivity contribution in [3.63, 3.8) is 0 Å². The number of carbonyl (C=O) groups excluding carboxylic acids is 2. The van der Waals surface area contributed by atoms with E-state index >= 15 is 0 Å². The molecule has 0 aliphatic rings. The molecule has 3 rings (SSSR count). The summed E-state index contributed by atoms with van der Waals surface area (Å²) in [5.74, 6) is 0.809. The number of hydrogen-bond acceptors (Lipinski definition) is 5. The molecule has 0 bridgehead atoms. The molecular weight excluding hydrogens is 431 g/mol. The maximum atomic E-state index is 12.9. The Kier molecular flexibility index (Phi) is 8.51. The maximum absolute atomic E-state index is 12.9. The van der Waals surface area contributed by atoms with E-state index in [1.54, 1.807) is 54.6 Å². The zero-order chi connectivity index (χ0) is 22.8. The molecule has 3 aromatic carbocycles. The Labute approximate surface area is 190 Å². The van der Waals surface area contributed by atoms with Crippen LogP contribution in [0.25, 0.3) is 0 Å². The molecule has 2 N–H and O–H groups in total. The van der Waals surface area contributed by atoms with Gasteiger partial charge in [-0.05, 0) is 54.6 Å².